The van der Waals surface area contributed by atoms with Crippen LogP contribution in [0.2, 0.25) is 0 Å². The minimum Gasteiger partial charge on any atom is -0.394 e. The van der Waals surface area contributed by atoms with Crippen LogP contribution in [0, 0.1) is 0 Å². The number of rotatable bonds is 17. The summed E-state index contributed by atoms with van der Waals surface area (Å²) in [6, 6.07) is 0. The molecule has 0 saturated carbocycles. The standard InChI is InChI=1S/C16H32O11.C6H12O6/c17-1-6-22-11-12-13(23-7-2-18)14(24-8-3-19)15(25-9-4-20)16(27-12)26-10-5-21;7-1-2-3(8)4(9)5(10)6(11)12-2/h12-21H,1-11H2;2-11H,1H2/t12-,13+,14+,15-,16+;2-,3-,4+,5-,6+/m11/s1. The lowest BCUT2D eigenvalue weighted by Crippen LogP contribution is -2.62. The highest BCUT2D eigenvalue weighted by Gasteiger charge is 2.49. The van der Waals surface area contributed by atoms with Crippen molar-refractivity contribution in [1.29, 1.82) is 0 Å². The van der Waals surface area contributed by atoms with Gasteiger partial charge in [0.25, 0.3) is 0 Å². The fourth-order valence-corrected chi connectivity index (χ4v) is 3.80. The Bertz CT molecular complexity index is 584. The smallest absolute Gasteiger partial charge is 0.187 e. The Morgan fingerprint density at radius 1 is 0.487 bits per heavy atom. The number of aliphatic hydroxyl groups is 10. The van der Waals surface area contributed by atoms with E-state index in [0.717, 1.165) is 0 Å². The largest absolute Gasteiger partial charge is 0.394 e. The van der Waals surface area contributed by atoms with E-state index < -0.39 is 68.0 Å². The van der Waals surface area contributed by atoms with Crippen LogP contribution in [-0.4, -0.2) is 192 Å². The van der Waals surface area contributed by atoms with Crippen molar-refractivity contribution < 1.29 is 84.2 Å². The first-order valence-electron chi connectivity index (χ1n) is 12.5. The van der Waals surface area contributed by atoms with Gasteiger partial charge in [-0.25, -0.2) is 0 Å². The molecule has 0 unspecified atom stereocenters. The van der Waals surface area contributed by atoms with E-state index in [1.807, 2.05) is 0 Å². The fraction of sp³-hybridized carbons (Fsp3) is 1.00. The topological polar surface area (TPSA) is 267 Å². The molecule has 2 aliphatic rings. The predicted octanol–water partition coefficient (Wildman–Crippen LogP) is -6.36. The van der Waals surface area contributed by atoms with Crippen LogP contribution in [0.4, 0.5) is 0 Å². The highest BCUT2D eigenvalue weighted by molar-refractivity contribution is 4.93. The fourth-order valence-electron chi connectivity index (χ4n) is 3.80. The van der Waals surface area contributed by atoms with Gasteiger partial charge in [0.2, 0.25) is 0 Å². The molecule has 2 rings (SSSR count). The van der Waals surface area contributed by atoms with Crippen molar-refractivity contribution >= 4 is 0 Å². The Morgan fingerprint density at radius 3 is 1.54 bits per heavy atom. The lowest BCUT2D eigenvalue weighted by atomic mass is 9.98. The van der Waals surface area contributed by atoms with E-state index in [4.69, 9.17) is 79.5 Å². The molecule has 0 bridgehead atoms. The van der Waals surface area contributed by atoms with E-state index in [0.29, 0.717) is 0 Å². The van der Waals surface area contributed by atoms with Gasteiger partial charge >= 0.3 is 0 Å². The molecule has 0 aliphatic carbocycles. The van der Waals surface area contributed by atoms with E-state index in [-0.39, 0.29) is 72.7 Å². The van der Waals surface area contributed by atoms with Crippen LogP contribution in [-0.2, 0) is 33.2 Å². The molecule has 0 aromatic rings. The highest BCUT2D eigenvalue weighted by Crippen LogP contribution is 2.29. The van der Waals surface area contributed by atoms with E-state index in [1.165, 1.54) is 0 Å². The van der Waals surface area contributed by atoms with Gasteiger partial charge in [-0.2, -0.15) is 0 Å². The Balaban J connectivity index is 0.000000525. The lowest BCUT2D eigenvalue weighted by Gasteiger charge is -2.45. The average Bonchev–Trinajstić information content (AvgIpc) is 2.94. The third-order valence-electron chi connectivity index (χ3n) is 5.55. The van der Waals surface area contributed by atoms with Gasteiger partial charge in [-0.15, -0.1) is 0 Å². The minimum absolute atomic E-state index is 0.000423. The van der Waals surface area contributed by atoms with Gasteiger partial charge in [0.15, 0.2) is 12.6 Å². The van der Waals surface area contributed by atoms with Crippen LogP contribution in [0.15, 0.2) is 0 Å². The molecule has 39 heavy (non-hydrogen) atoms. The molecule has 10 N–H and O–H groups in total. The summed E-state index contributed by atoms with van der Waals surface area (Å²) in [5.41, 5.74) is 0. The molecule has 2 aliphatic heterocycles. The van der Waals surface area contributed by atoms with Gasteiger partial charge in [0.05, 0.1) is 79.3 Å². The molecular weight excluding hydrogens is 536 g/mol. The summed E-state index contributed by atoms with van der Waals surface area (Å²) in [5.74, 6) is 0. The summed E-state index contributed by atoms with van der Waals surface area (Å²) >= 11 is 0. The lowest BCUT2D eigenvalue weighted by molar-refractivity contribution is -0.325. The first-order valence-corrected chi connectivity index (χ1v) is 12.5. The number of aliphatic hydroxyl groups excluding tert-OH is 10. The first-order chi connectivity index (χ1) is 18.8. The molecule has 10 atom stereocenters. The van der Waals surface area contributed by atoms with Crippen molar-refractivity contribution in [1.82, 2.24) is 0 Å². The maximum atomic E-state index is 9.13. The SMILES string of the molecule is OCCOC[C@H]1O[C@H](OCCO)[C@H](OCCO)[C@@H](OCCO)[C@H]1OCCO.OC[C@H]1O[C@H](O)[C@H](O)[C@@H](O)[C@@H]1O. The molecule has 17 nitrogen and oxygen atoms in total. The molecule has 0 spiro atoms. The second kappa shape index (κ2) is 21.1. The van der Waals surface area contributed by atoms with Crippen molar-refractivity contribution in [3.05, 3.63) is 0 Å². The quantitative estimate of drug-likeness (QED) is 0.0717. The van der Waals surface area contributed by atoms with Gasteiger partial charge in [0.1, 0.15) is 48.8 Å². The number of hydrogen-bond acceptors (Lipinski definition) is 17. The summed E-state index contributed by atoms with van der Waals surface area (Å²) in [5, 5.41) is 89.9. The molecule has 0 aromatic carbocycles. The van der Waals surface area contributed by atoms with Gasteiger partial charge < -0.3 is 84.2 Å². The van der Waals surface area contributed by atoms with E-state index in [1.54, 1.807) is 0 Å². The van der Waals surface area contributed by atoms with Crippen molar-refractivity contribution in [2.24, 2.45) is 0 Å². The normalized spacial score (nSPS) is 34.9. The summed E-state index contributed by atoms with van der Waals surface area (Å²) in [6.45, 7) is -1.46. The molecule has 0 aromatic heterocycles. The second-order valence-corrected chi connectivity index (χ2v) is 8.33. The van der Waals surface area contributed by atoms with Crippen LogP contribution in [0.5, 0.6) is 0 Å². The molecular formula is C22H44O17. The zero-order valence-electron chi connectivity index (χ0n) is 21.6. The van der Waals surface area contributed by atoms with Crippen LogP contribution < -0.4 is 0 Å². The summed E-state index contributed by atoms with van der Waals surface area (Å²) < 4.78 is 38.3. The maximum absolute atomic E-state index is 9.13. The monoisotopic (exact) mass is 580 g/mol. The van der Waals surface area contributed by atoms with E-state index >= 15 is 0 Å². The molecule has 2 heterocycles. The highest BCUT2D eigenvalue weighted by atomic mass is 16.7. The Kier molecular flexibility index (Phi) is 19.7. The Hall–Kier alpha value is -0.680. The summed E-state index contributed by atoms with van der Waals surface area (Å²) in [7, 11) is 0. The third-order valence-corrected chi connectivity index (χ3v) is 5.55. The predicted molar refractivity (Wildman–Crippen MR) is 126 cm³/mol. The van der Waals surface area contributed by atoms with Crippen LogP contribution in [0.25, 0.3) is 0 Å². The Morgan fingerprint density at radius 2 is 1.00 bits per heavy atom. The maximum Gasteiger partial charge on any atom is 0.187 e. The minimum atomic E-state index is -1.57. The summed E-state index contributed by atoms with van der Waals surface area (Å²) in [6.07, 6.45) is -10.9. The zero-order chi connectivity index (χ0) is 29.2. The number of ether oxygens (including phenoxy) is 7. The molecule has 234 valence electrons. The van der Waals surface area contributed by atoms with Gasteiger partial charge in [-0.05, 0) is 0 Å². The molecule has 2 saturated heterocycles. The molecule has 2 fully saturated rings. The third kappa shape index (κ3) is 12.0. The van der Waals surface area contributed by atoms with Gasteiger partial charge in [-0.1, -0.05) is 0 Å². The average molecular weight is 581 g/mol. The van der Waals surface area contributed by atoms with Crippen LogP contribution in [0.1, 0.15) is 0 Å². The zero-order valence-corrected chi connectivity index (χ0v) is 21.6. The van der Waals surface area contributed by atoms with Crippen molar-refractivity contribution in [3.8, 4) is 0 Å². The van der Waals surface area contributed by atoms with Crippen molar-refractivity contribution in [2.45, 2.75) is 61.4 Å². The van der Waals surface area contributed by atoms with E-state index in [2.05, 4.69) is 4.74 Å². The van der Waals surface area contributed by atoms with E-state index in [9.17, 15) is 0 Å². The second-order valence-electron chi connectivity index (χ2n) is 8.33. The van der Waals surface area contributed by atoms with Crippen molar-refractivity contribution in [2.75, 3.05) is 79.3 Å². The summed E-state index contributed by atoms with van der Waals surface area (Å²) in [4.78, 5) is 0. The molecule has 0 amide bonds. The van der Waals surface area contributed by atoms with Crippen LogP contribution in [0.3, 0.4) is 0 Å². The Labute approximate surface area is 225 Å². The van der Waals surface area contributed by atoms with Crippen LogP contribution >= 0.6 is 0 Å². The molecule has 0 radical (unpaired) electrons. The molecule has 17 heteroatoms. The van der Waals surface area contributed by atoms with Crippen molar-refractivity contribution in [3.63, 3.8) is 0 Å². The van der Waals surface area contributed by atoms with Gasteiger partial charge in [0, 0.05) is 0 Å². The van der Waals surface area contributed by atoms with Gasteiger partial charge in [-0.3, -0.25) is 0 Å². The first kappa shape index (κ1) is 36.3. The number of hydrogen-bond donors (Lipinski definition) is 10.